The van der Waals surface area contributed by atoms with Gasteiger partial charge in [0.15, 0.2) is 0 Å². The number of carbonyl (C=O) groups excluding carboxylic acids is 1. The van der Waals surface area contributed by atoms with Crippen molar-refractivity contribution in [3.05, 3.63) is 0 Å². The first-order chi connectivity index (χ1) is 7.47. The fourth-order valence-electron chi connectivity index (χ4n) is 0.971. The Bertz CT molecular complexity index is 204. The maximum Gasteiger partial charge on any atom is 0.308 e. The van der Waals surface area contributed by atoms with E-state index >= 15 is 0 Å². The van der Waals surface area contributed by atoms with Crippen LogP contribution in [0.5, 0.6) is 0 Å². The third kappa shape index (κ3) is 7.49. The van der Waals surface area contributed by atoms with Gasteiger partial charge in [0.1, 0.15) is 6.10 Å². The van der Waals surface area contributed by atoms with Crippen LogP contribution in [-0.2, 0) is 9.53 Å². The Hall–Kier alpha value is -0.790. The van der Waals surface area contributed by atoms with Gasteiger partial charge in [-0.1, -0.05) is 0 Å². The molecular formula is C9H17F2NO4. The summed E-state index contributed by atoms with van der Waals surface area (Å²) in [7, 11) is 0. The topological polar surface area (TPSA) is 78.8 Å². The van der Waals surface area contributed by atoms with E-state index in [1.807, 2.05) is 0 Å². The number of halogens is 2. The summed E-state index contributed by atoms with van der Waals surface area (Å²) in [5.41, 5.74) is 0. The molecule has 0 bridgehead atoms. The number of esters is 1. The van der Waals surface area contributed by atoms with Crippen LogP contribution in [-0.4, -0.2) is 54.5 Å². The van der Waals surface area contributed by atoms with Crippen LogP contribution in [0.15, 0.2) is 0 Å². The van der Waals surface area contributed by atoms with Crippen LogP contribution in [0.3, 0.4) is 0 Å². The number of hydrogen-bond donors (Lipinski definition) is 3. The van der Waals surface area contributed by atoms with Crippen molar-refractivity contribution in [3.8, 4) is 0 Å². The maximum atomic E-state index is 11.8. The van der Waals surface area contributed by atoms with Gasteiger partial charge in [-0.15, -0.1) is 0 Å². The highest BCUT2D eigenvalue weighted by molar-refractivity contribution is 5.69. The van der Waals surface area contributed by atoms with E-state index in [-0.39, 0.29) is 26.1 Å². The van der Waals surface area contributed by atoms with Gasteiger partial charge in [-0.2, -0.15) is 0 Å². The minimum Gasteiger partial charge on any atom is -0.466 e. The van der Waals surface area contributed by atoms with Gasteiger partial charge in [0.2, 0.25) is 0 Å². The second-order valence-electron chi connectivity index (χ2n) is 3.22. The molecular weight excluding hydrogens is 224 g/mol. The summed E-state index contributed by atoms with van der Waals surface area (Å²) in [6.45, 7) is 1.48. The SMILES string of the molecule is CCOC(=O)CC(O)CNCC(O)C(F)F. The average Bonchev–Trinajstić information content (AvgIpc) is 2.17. The Morgan fingerprint density at radius 1 is 1.38 bits per heavy atom. The van der Waals surface area contributed by atoms with Crippen LogP contribution in [0.4, 0.5) is 8.78 Å². The summed E-state index contributed by atoms with van der Waals surface area (Å²) < 4.78 is 28.3. The zero-order chi connectivity index (χ0) is 12.6. The van der Waals surface area contributed by atoms with E-state index in [0.29, 0.717) is 0 Å². The molecule has 2 atom stereocenters. The van der Waals surface area contributed by atoms with Crippen LogP contribution in [0.2, 0.25) is 0 Å². The van der Waals surface area contributed by atoms with Gasteiger partial charge in [-0.3, -0.25) is 4.79 Å². The largest absolute Gasteiger partial charge is 0.466 e. The molecule has 0 amide bonds. The molecule has 2 unspecified atom stereocenters. The normalized spacial score (nSPS) is 14.9. The highest BCUT2D eigenvalue weighted by Crippen LogP contribution is 1.99. The molecule has 3 N–H and O–H groups in total. The first-order valence-electron chi connectivity index (χ1n) is 4.98. The lowest BCUT2D eigenvalue weighted by Crippen LogP contribution is -2.37. The quantitative estimate of drug-likeness (QED) is 0.500. The summed E-state index contributed by atoms with van der Waals surface area (Å²) in [6.07, 6.45) is -5.81. The fraction of sp³-hybridized carbons (Fsp3) is 0.889. The standard InChI is InChI=1S/C9H17F2NO4/c1-2-16-8(15)3-6(13)4-12-5-7(14)9(10)11/h6-7,9,12-14H,2-5H2,1H3. The Labute approximate surface area is 92.4 Å². The molecule has 0 aromatic rings. The summed E-state index contributed by atoms with van der Waals surface area (Å²) in [5.74, 6) is -0.550. The van der Waals surface area contributed by atoms with Crippen molar-refractivity contribution >= 4 is 5.97 Å². The molecule has 0 aromatic carbocycles. The highest BCUT2D eigenvalue weighted by Gasteiger charge is 2.17. The van der Waals surface area contributed by atoms with Crippen molar-refractivity contribution in [1.82, 2.24) is 5.32 Å². The molecule has 0 radical (unpaired) electrons. The number of rotatable bonds is 8. The van der Waals surface area contributed by atoms with Gasteiger partial charge in [-0.25, -0.2) is 8.78 Å². The monoisotopic (exact) mass is 241 g/mol. The predicted molar refractivity (Wildman–Crippen MR) is 52.1 cm³/mol. The van der Waals surface area contributed by atoms with Crippen LogP contribution in [0.25, 0.3) is 0 Å². The van der Waals surface area contributed by atoms with Crippen molar-refractivity contribution in [2.24, 2.45) is 0 Å². The third-order valence-electron chi connectivity index (χ3n) is 1.73. The zero-order valence-corrected chi connectivity index (χ0v) is 9.03. The smallest absolute Gasteiger partial charge is 0.308 e. The highest BCUT2D eigenvalue weighted by atomic mass is 19.3. The number of aliphatic hydroxyl groups is 2. The molecule has 0 aliphatic carbocycles. The van der Waals surface area contributed by atoms with E-state index in [1.54, 1.807) is 6.92 Å². The van der Waals surface area contributed by atoms with Crippen molar-refractivity contribution in [1.29, 1.82) is 0 Å². The van der Waals surface area contributed by atoms with Crippen molar-refractivity contribution in [2.45, 2.75) is 32.0 Å². The minimum absolute atomic E-state index is 0.0530. The molecule has 0 aliphatic heterocycles. The Balaban J connectivity index is 3.57. The predicted octanol–water partition coefficient (Wildman–Crippen LogP) is -0.484. The van der Waals surface area contributed by atoms with Gasteiger partial charge >= 0.3 is 5.97 Å². The molecule has 0 aliphatic rings. The van der Waals surface area contributed by atoms with E-state index < -0.39 is 24.6 Å². The number of nitrogens with one attached hydrogen (secondary N) is 1. The van der Waals surface area contributed by atoms with Crippen LogP contribution in [0.1, 0.15) is 13.3 Å². The number of carbonyl (C=O) groups is 1. The number of aliphatic hydroxyl groups excluding tert-OH is 2. The first-order valence-corrected chi connectivity index (χ1v) is 4.98. The van der Waals surface area contributed by atoms with E-state index in [4.69, 9.17) is 5.11 Å². The van der Waals surface area contributed by atoms with Gasteiger partial charge in [0, 0.05) is 13.1 Å². The molecule has 0 fully saturated rings. The summed E-state index contributed by atoms with van der Waals surface area (Å²) >= 11 is 0. The second kappa shape index (κ2) is 8.37. The molecule has 0 heterocycles. The minimum atomic E-state index is -2.82. The molecule has 7 heteroatoms. The van der Waals surface area contributed by atoms with Crippen LogP contribution >= 0.6 is 0 Å². The molecule has 0 spiro atoms. The first kappa shape index (κ1) is 15.2. The molecule has 0 saturated carbocycles. The molecule has 0 aromatic heterocycles. The van der Waals surface area contributed by atoms with Crippen molar-refractivity contribution < 1.29 is 28.5 Å². The van der Waals surface area contributed by atoms with Crippen molar-refractivity contribution in [3.63, 3.8) is 0 Å². The van der Waals surface area contributed by atoms with Crippen LogP contribution in [0, 0.1) is 0 Å². The Morgan fingerprint density at radius 2 is 2.00 bits per heavy atom. The lowest BCUT2D eigenvalue weighted by molar-refractivity contribution is -0.145. The van der Waals surface area contributed by atoms with E-state index in [0.717, 1.165) is 0 Å². The van der Waals surface area contributed by atoms with E-state index in [9.17, 15) is 18.7 Å². The number of ether oxygens (including phenoxy) is 1. The second-order valence-corrected chi connectivity index (χ2v) is 3.22. The third-order valence-corrected chi connectivity index (χ3v) is 1.73. The lowest BCUT2D eigenvalue weighted by Gasteiger charge is -2.13. The summed E-state index contributed by atoms with van der Waals surface area (Å²) in [4.78, 5) is 10.9. The van der Waals surface area contributed by atoms with Crippen LogP contribution < -0.4 is 5.32 Å². The lowest BCUT2D eigenvalue weighted by atomic mass is 10.2. The van der Waals surface area contributed by atoms with Gasteiger partial charge in [0.05, 0.1) is 19.1 Å². The van der Waals surface area contributed by atoms with Gasteiger partial charge in [-0.05, 0) is 6.92 Å². The molecule has 96 valence electrons. The Kier molecular flexibility index (Phi) is 7.96. The van der Waals surface area contributed by atoms with E-state index in [1.165, 1.54) is 0 Å². The fourth-order valence-corrected chi connectivity index (χ4v) is 0.971. The number of hydrogen-bond acceptors (Lipinski definition) is 5. The van der Waals surface area contributed by atoms with Gasteiger partial charge in [0.25, 0.3) is 6.43 Å². The molecule has 16 heavy (non-hydrogen) atoms. The summed E-state index contributed by atoms with van der Waals surface area (Å²) in [6, 6.07) is 0. The van der Waals surface area contributed by atoms with Crippen molar-refractivity contribution in [2.75, 3.05) is 19.7 Å². The molecule has 0 saturated heterocycles. The summed E-state index contributed by atoms with van der Waals surface area (Å²) in [5, 5.41) is 20.4. The average molecular weight is 241 g/mol. The molecule has 0 rings (SSSR count). The zero-order valence-electron chi connectivity index (χ0n) is 9.03. The van der Waals surface area contributed by atoms with E-state index in [2.05, 4.69) is 10.1 Å². The molecule has 5 nitrogen and oxygen atoms in total. The number of alkyl halides is 2. The van der Waals surface area contributed by atoms with Gasteiger partial charge < -0.3 is 20.3 Å². The Morgan fingerprint density at radius 3 is 2.50 bits per heavy atom. The maximum absolute atomic E-state index is 11.8.